The molecular formula is C26H35N5O2. The van der Waals surface area contributed by atoms with Gasteiger partial charge in [0.2, 0.25) is 0 Å². The third-order valence-corrected chi connectivity index (χ3v) is 7.25. The Morgan fingerprint density at radius 3 is 2.58 bits per heavy atom. The van der Waals surface area contributed by atoms with Gasteiger partial charge in [-0.1, -0.05) is 18.2 Å². The highest BCUT2D eigenvalue weighted by atomic mass is 16.5. The third kappa shape index (κ3) is 4.99. The van der Waals surface area contributed by atoms with Crippen LogP contribution in [0.3, 0.4) is 0 Å². The van der Waals surface area contributed by atoms with E-state index < -0.39 is 0 Å². The van der Waals surface area contributed by atoms with E-state index in [1.54, 1.807) is 0 Å². The van der Waals surface area contributed by atoms with Crippen molar-refractivity contribution in [2.24, 2.45) is 5.92 Å². The monoisotopic (exact) mass is 449 g/mol. The summed E-state index contributed by atoms with van der Waals surface area (Å²) >= 11 is 0. The van der Waals surface area contributed by atoms with Crippen molar-refractivity contribution < 1.29 is 9.84 Å². The zero-order chi connectivity index (χ0) is 22.8. The molecule has 33 heavy (non-hydrogen) atoms. The Labute approximate surface area is 195 Å². The number of aliphatic hydroxyl groups is 1. The summed E-state index contributed by atoms with van der Waals surface area (Å²) in [6, 6.07) is 8.98. The largest absolute Gasteiger partial charge is 0.393 e. The molecule has 5 rings (SSSR count). The topological polar surface area (TPSA) is 83.7 Å². The zero-order valence-electron chi connectivity index (χ0n) is 19.7. The molecule has 0 bridgehead atoms. The quantitative estimate of drug-likeness (QED) is 0.511. The number of anilines is 2. The van der Waals surface area contributed by atoms with Crippen molar-refractivity contribution in [3.8, 4) is 11.1 Å². The number of aliphatic hydroxyl groups excluding tert-OH is 1. The summed E-state index contributed by atoms with van der Waals surface area (Å²) in [6.45, 7) is 6.74. The summed E-state index contributed by atoms with van der Waals surface area (Å²) in [5, 5.41) is 21.8. The van der Waals surface area contributed by atoms with Gasteiger partial charge in [0.1, 0.15) is 11.6 Å². The molecule has 0 atom stereocenters. The third-order valence-electron chi connectivity index (χ3n) is 7.25. The number of hydrogen-bond donors (Lipinski definition) is 3. The van der Waals surface area contributed by atoms with Gasteiger partial charge in [-0.15, -0.1) is 0 Å². The normalized spacial score (nSPS) is 21.9. The molecule has 0 amide bonds. The number of fused-ring (bicyclic) bond motifs is 1. The molecule has 0 spiro atoms. The average molecular weight is 450 g/mol. The number of aromatic nitrogens is 3. The second kappa shape index (κ2) is 9.69. The summed E-state index contributed by atoms with van der Waals surface area (Å²) < 4.78 is 7.45. The van der Waals surface area contributed by atoms with Gasteiger partial charge in [-0.2, -0.15) is 9.61 Å². The Morgan fingerprint density at radius 1 is 1.03 bits per heavy atom. The second-order valence-corrected chi connectivity index (χ2v) is 9.71. The lowest BCUT2D eigenvalue weighted by Gasteiger charge is -2.26. The molecular weight excluding hydrogens is 414 g/mol. The van der Waals surface area contributed by atoms with Crippen LogP contribution in [-0.4, -0.2) is 51.6 Å². The molecule has 3 aromatic rings. The molecule has 1 saturated heterocycles. The predicted molar refractivity (Wildman–Crippen MR) is 132 cm³/mol. The highest BCUT2D eigenvalue weighted by molar-refractivity contribution is 5.80. The van der Waals surface area contributed by atoms with E-state index in [1.807, 2.05) is 10.7 Å². The SMILES string of the molecule is Cc1ccc(-c2cnn3c(NCC4CCC(O)CC4)cc(NC4CCOCC4)nc23)cc1C. The van der Waals surface area contributed by atoms with Gasteiger partial charge in [0.15, 0.2) is 5.65 Å². The van der Waals surface area contributed by atoms with Crippen LogP contribution in [0.25, 0.3) is 16.8 Å². The number of nitrogens with zero attached hydrogens (tertiary/aromatic N) is 3. The summed E-state index contributed by atoms with van der Waals surface area (Å²) in [5.41, 5.74) is 5.58. The first-order valence-electron chi connectivity index (χ1n) is 12.3. The lowest BCUT2D eigenvalue weighted by atomic mass is 9.87. The van der Waals surface area contributed by atoms with Crippen LogP contribution < -0.4 is 10.6 Å². The van der Waals surface area contributed by atoms with Crippen molar-refractivity contribution in [2.75, 3.05) is 30.4 Å². The Balaban J connectivity index is 1.47. The van der Waals surface area contributed by atoms with Gasteiger partial charge in [-0.05, 0) is 75.0 Å². The molecule has 1 saturated carbocycles. The van der Waals surface area contributed by atoms with Gasteiger partial charge >= 0.3 is 0 Å². The molecule has 1 aliphatic carbocycles. The molecule has 0 radical (unpaired) electrons. The number of ether oxygens (including phenoxy) is 1. The summed E-state index contributed by atoms with van der Waals surface area (Å²) in [5.74, 6) is 2.40. The lowest BCUT2D eigenvalue weighted by Crippen LogP contribution is -2.28. The molecule has 3 heterocycles. The maximum absolute atomic E-state index is 9.83. The standard InChI is InChI=1S/C26H35N5O2/c1-17-3-6-20(13-18(17)2)23-16-28-31-25(27-15-19-4-7-22(32)8-5-19)14-24(30-26(23)31)29-21-9-11-33-12-10-21/h3,6,13-14,16,19,21-22,27,32H,4-5,7-12,15H2,1-2H3,(H,29,30). The van der Waals surface area contributed by atoms with Gasteiger partial charge in [0.25, 0.3) is 0 Å². The zero-order valence-corrected chi connectivity index (χ0v) is 19.7. The van der Waals surface area contributed by atoms with Gasteiger partial charge in [0.05, 0.1) is 12.3 Å². The highest BCUT2D eigenvalue weighted by Crippen LogP contribution is 2.30. The minimum absolute atomic E-state index is 0.129. The van der Waals surface area contributed by atoms with E-state index in [4.69, 9.17) is 14.8 Å². The predicted octanol–water partition coefficient (Wildman–Crippen LogP) is 4.57. The molecule has 1 aliphatic heterocycles. The van der Waals surface area contributed by atoms with Crippen molar-refractivity contribution in [3.63, 3.8) is 0 Å². The van der Waals surface area contributed by atoms with Gasteiger partial charge in [-0.25, -0.2) is 4.98 Å². The van der Waals surface area contributed by atoms with Crippen molar-refractivity contribution in [2.45, 2.75) is 64.5 Å². The molecule has 0 unspecified atom stereocenters. The van der Waals surface area contributed by atoms with E-state index in [2.05, 4.69) is 48.7 Å². The summed E-state index contributed by atoms with van der Waals surface area (Å²) in [6.07, 6.45) is 7.68. The van der Waals surface area contributed by atoms with Crippen LogP contribution in [0.5, 0.6) is 0 Å². The van der Waals surface area contributed by atoms with E-state index in [0.29, 0.717) is 12.0 Å². The van der Waals surface area contributed by atoms with Crippen LogP contribution in [-0.2, 0) is 4.74 Å². The molecule has 7 nitrogen and oxygen atoms in total. The van der Waals surface area contributed by atoms with Gasteiger partial charge < -0.3 is 20.5 Å². The van der Waals surface area contributed by atoms with Crippen molar-refractivity contribution >= 4 is 17.3 Å². The summed E-state index contributed by atoms with van der Waals surface area (Å²) in [7, 11) is 0. The summed E-state index contributed by atoms with van der Waals surface area (Å²) in [4.78, 5) is 5.00. The van der Waals surface area contributed by atoms with Crippen LogP contribution >= 0.6 is 0 Å². The van der Waals surface area contributed by atoms with E-state index in [0.717, 1.165) is 86.7 Å². The number of benzene rings is 1. The van der Waals surface area contributed by atoms with Crippen molar-refractivity contribution in [1.29, 1.82) is 0 Å². The fourth-order valence-corrected chi connectivity index (χ4v) is 4.92. The molecule has 2 aliphatic rings. The fourth-order valence-electron chi connectivity index (χ4n) is 4.92. The Kier molecular flexibility index (Phi) is 6.51. The minimum Gasteiger partial charge on any atom is -0.393 e. The fraction of sp³-hybridized carbons (Fsp3) is 0.538. The number of nitrogens with one attached hydrogen (secondary N) is 2. The van der Waals surface area contributed by atoms with Crippen LogP contribution in [0.4, 0.5) is 11.6 Å². The smallest absolute Gasteiger partial charge is 0.167 e. The van der Waals surface area contributed by atoms with Gasteiger partial charge in [0, 0.05) is 37.4 Å². The minimum atomic E-state index is -0.129. The Bertz CT molecular complexity index is 1100. The Hall–Kier alpha value is -2.64. The van der Waals surface area contributed by atoms with Crippen LogP contribution in [0.1, 0.15) is 49.7 Å². The molecule has 176 valence electrons. The highest BCUT2D eigenvalue weighted by Gasteiger charge is 2.21. The number of aryl methyl sites for hydroxylation is 2. The maximum Gasteiger partial charge on any atom is 0.167 e. The number of hydrogen-bond acceptors (Lipinski definition) is 6. The number of rotatable bonds is 6. The second-order valence-electron chi connectivity index (χ2n) is 9.71. The van der Waals surface area contributed by atoms with Gasteiger partial charge in [-0.3, -0.25) is 0 Å². The average Bonchev–Trinajstić information content (AvgIpc) is 3.25. The molecule has 2 aromatic heterocycles. The van der Waals surface area contributed by atoms with E-state index >= 15 is 0 Å². The van der Waals surface area contributed by atoms with E-state index in [-0.39, 0.29) is 6.10 Å². The molecule has 3 N–H and O–H groups in total. The lowest BCUT2D eigenvalue weighted by molar-refractivity contribution is 0.0904. The van der Waals surface area contributed by atoms with E-state index in [1.165, 1.54) is 11.1 Å². The van der Waals surface area contributed by atoms with Crippen LogP contribution in [0, 0.1) is 19.8 Å². The van der Waals surface area contributed by atoms with Crippen LogP contribution in [0.15, 0.2) is 30.5 Å². The first kappa shape index (κ1) is 22.2. The Morgan fingerprint density at radius 2 is 1.82 bits per heavy atom. The van der Waals surface area contributed by atoms with E-state index in [9.17, 15) is 5.11 Å². The first-order chi connectivity index (χ1) is 16.1. The first-order valence-corrected chi connectivity index (χ1v) is 12.3. The molecule has 1 aromatic carbocycles. The molecule has 7 heteroatoms. The van der Waals surface area contributed by atoms with Crippen LogP contribution in [0.2, 0.25) is 0 Å². The molecule has 2 fully saturated rings. The maximum atomic E-state index is 9.83. The van der Waals surface area contributed by atoms with Crippen molar-refractivity contribution in [1.82, 2.24) is 14.6 Å². The van der Waals surface area contributed by atoms with Crippen molar-refractivity contribution in [3.05, 3.63) is 41.6 Å².